The molecule has 1 N–H and O–H groups in total. The lowest BCUT2D eigenvalue weighted by atomic mass is 9.87. The first-order valence-corrected chi connectivity index (χ1v) is 11.2. The van der Waals surface area contributed by atoms with Crippen molar-refractivity contribution in [3.8, 4) is 0 Å². The van der Waals surface area contributed by atoms with Gasteiger partial charge in [-0.2, -0.15) is 0 Å². The summed E-state index contributed by atoms with van der Waals surface area (Å²) >= 11 is 5.97. The van der Waals surface area contributed by atoms with Crippen LogP contribution in [0.1, 0.15) is 26.3 Å². The lowest BCUT2D eigenvalue weighted by Crippen LogP contribution is -2.15. The Morgan fingerprint density at radius 3 is 1.96 bits per heavy atom. The number of anilines is 1. The summed E-state index contributed by atoms with van der Waals surface area (Å²) < 4.78 is 50.9. The second-order valence-electron chi connectivity index (χ2n) is 6.80. The number of benzene rings is 2. The van der Waals surface area contributed by atoms with Crippen LogP contribution in [0.2, 0.25) is 5.02 Å². The molecule has 0 amide bonds. The fraction of sp³-hybridized carbons (Fsp3) is 0.294. The van der Waals surface area contributed by atoms with Gasteiger partial charge in [-0.3, -0.25) is 4.72 Å². The van der Waals surface area contributed by atoms with E-state index in [2.05, 4.69) is 25.5 Å². The normalized spacial score (nSPS) is 12.8. The standard InChI is InChI=1S/C17H20ClNO4S2/c1-17(2,3)12-5-7-13(8-6-12)19-25(22,23)16-11-14(24(4,20)21)9-10-15(16)18/h5-11,19H,1-4H3. The Balaban J connectivity index is 2.40. The number of nitrogens with one attached hydrogen (secondary N) is 1. The van der Waals surface area contributed by atoms with Crippen LogP contribution in [-0.2, 0) is 25.3 Å². The maximum atomic E-state index is 12.6. The first kappa shape index (κ1) is 19.8. The molecular formula is C17H20ClNO4S2. The van der Waals surface area contributed by atoms with E-state index in [1.807, 2.05) is 12.1 Å². The Labute approximate surface area is 154 Å². The predicted octanol–water partition coefficient (Wildman–Crippen LogP) is 3.84. The number of sulfonamides is 1. The molecule has 0 heterocycles. The summed E-state index contributed by atoms with van der Waals surface area (Å²) in [6, 6.07) is 10.6. The van der Waals surface area contributed by atoms with Crippen LogP contribution < -0.4 is 4.72 Å². The Bertz CT molecular complexity index is 990. The number of rotatable bonds is 4. The Hall–Kier alpha value is -1.57. The highest BCUT2D eigenvalue weighted by Gasteiger charge is 2.21. The summed E-state index contributed by atoms with van der Waals surface area (Å²) in [6.07, 6.45) is 1.01. The molecule has 136 valence electrons. The van der Waals surface area contributed by atoms with E-state index >= 15 is 0 Å². The van der Waals surface area contributed by atoms with Crippen LogP contribution in [-0.4, -0.2) is 23.1 Å². The topological polar surface area (TPSA) is 80.3 Å². The summed E-state index contributed by atoms with van der Waals surface area (Å²) in [6.45, 7) is 6.17. The molecule has 0 spiro atoms. The van der Waals surface area contributed by atoms with Gasteiger partial charge in [-0.1, -0.05) is 44.5 Å². The van der Waals surface area contributed by atoms with Crippen LogP contribution in [0.3, 0.4) is 0 Å². The smallest absolute Gasteiger partial charge is 0.263 e. The fourth-order valence-corrected chi connectivity index (χ4v) is 4.48. The first-order chi connectivity index (χ1) is 11.3. The molecule has 5 nitrogen and oxygen atoms in total. The van der Waals surface area contributed by atoms with Crippen molar-refractivity contribution in [3.63, 3.8) is 0 Å². The van der Waals surface area contributed by atoms with Gasteiger partial charge in [-0.15, -0.1) is 0 Å². The Morgan fingerprint density at radius 1 is 0.920 bits per heavy atom. The average molecular weight is 402 g/mol. The molecule has 0 aromatic heterocycles. The van der Waals surface area contributed by atoms with Crippen molar-refractivity contribution >= 4 is 37.1 Å². The molecule has 0 radical (unpaired) electrons. The van der Waals surface area contributed by atoms with Crippen molar-refractivity contribution in [1.82, 2.24) is 0 Å². The molecule has 0 aliphatic heterocycles. The van der Waals surface area contributed by atoms with Gasteiger partial charge in [-0.25, -0.2) is 16.8 Å². The van der Waals surface area contributed by atoms with Gasteiger partial charge in [0.25, 0.3) is 10.0 Å². The summed E-state index contributed by atoms with van der Waals surface area (Å²) in [7, 11) is -7.57. The molecule has 0 aliphatic carbocycles. The summed E-state index contributed by atoms with van der Waals surface area (Å²) in [5.41, 5.74) is 1.38. The van der Waals surface area contributed by atoms with E-state index in [0.29, 0.717) is 5.69 Å². The van der Waals surface area contributed by atoms with Crippen LogP contribution in [0.15, 0.2) is 52.3 Å². The molecule has 0 aliphatic rings. The highest BCUT2D eigenvalue weighted by Crippen LogP contribution is 2.28. The second kappa shape index (κ2) is 6.63. The van der Waals surface area contributed by atoms with E-state index < -0.39 is 19.9 Å². The second-order valence-corrected chi connectivity index (χ2v) is 10.9. The van der Waals surface area contributed by atoms with Gasteiger partial charge in [0.15, 0.2) is 9.84 Å². The number of halogens is 1. The average Bonchev–Trinajstić information content (AvgIpc) is 2.45. The number of hydrogen-bond acceptors (Lipinski definition) is 4. The molecule has 8 heteroatoms. The van der Waals surface area contributed by atoms with Crippen LogP contribution in [0.4, 0.5) is 5.69 Å². The zero-order chi connectivity index (χ0) is 19.0. The van der Waals surface area contributed by atoms with Crippen molar-refractivity contribution in [3.05, 3.63) is 53.1 Å². The van der Waals surface area contributed by atoms with E-state index in [0.717, 1.165) is 17.9 Å². The third-order valence-corrected chi connectivity index (χ3v) is 6.60. The maximum absolute atomic E-state index is 12.6. The third kappa shape index (κ3) is 4.74. The van der Waals surface area contributed by atoms with E-state index in [9.17, 15) is 16.8 Å². The zero-order valence-electron chi connectivity index (χ0n) is 14.4. The van der Waals surface area contributed by atoms with Gasteiger partial charge in [0.1, 0.15) is 4.90 Å². The molecule has 0 saturated heterocycles. The molecule has 0 atom stereocenters. The molecule has 0 bridgehead atoms. The third-order valence-electron chi connectivity index (χ3n) is 3.62. The predicted molar refractivity (Wildman–Crippen MR) is 101 cm³/mol. The van der Waals surface area contributed by atoms with Gasteiger partial charge >= 0.3 is 0 Å². The van der Waals surface area contributed by atoms with Crippen LogP contribution in [0, 0.1) is 0 Å². The minimum absolute atomic E-state index is 0.0498. The van der Waals surface area contributed by atoms with E-state index in [1.54, 1.807) is 12.1 Å². The van der Waals surface area contributed by atoms with Crippen molar-refractivity contribution < 1.29 is 16.8 Å². The highest BCUT2D eigenvalue weighted by molar-refractivity contribution is 7.93. The fourth-order valence-electron chi connectivity index (χ4n) is 2.17. The Morgan fingerprint density at radius 2 is 1.48 bits per heavy atom. The molecule has 25 heavy (non-hydrogen) atoms. The van der Waals surface area contributed by atoms with Gasteiger partial charge in [0.2, 0.25) is 0 Å². The quantitative estimate of drug-likeness (QED) is 0.843. The van der Waals surface area contributed by atoms with Crippen molar-refractivity contribution in [2.45, 2.75) is 36.0 Å². The minimum atomic E-state index is -4.02. The van der Waals surface area contributed by atoms with Crippen LogP contribution in [0.5, 0.6) is 0 Å². The van der Waals surface area contributed by atoms with Crippen molar-refractivity contribution in [2.24, 2.45) is 0 Å². The lowest BCUT2D eigenvalue weighted by molar-refractivity contribution is 0.590. The van der Waals surface area contributed by atoms with Gasteiger partial charge < -0.3 is 0 Å². The van der Waals surface area contributed by atoms with E-state index in [-0.39, 0.29) is 20.2 Å². The van der Waals surface area contributed by atoms with Gasteiger partial charge in [-0.05, 0) is 41.3 Å². The highest BCUT2D eigenvalue weighted by atomic mass is 35.5. The van der Waals surface area contributed by atoms with Crippen molar-refractivity contribution in [1.29, 1.82) is 0 Å². The minimum Gasteiger partial charge on any atom is -0.280 e. The summed E-state index contributed by atoms with van der Waals surface area (Å²) in [4.78, 5) is -0.391. The van der Waals surface area contributed by atoms with E-state index in [4.69, 9.17) is 11.6 Å². The first-order valence-electron chi connectivity index (χ1n) is 7.44. The maximum Gasteiger partial charge on any atom is 0.263 e. The van der Waals surface area contributed by atoms with Gasteiger partial charge in [0, 0.05) is 11.9 Å². The molecule has 0 unspecified atom stereocenters. The molecule has 2 aromatic rings. The summed E-state index contributed by atoms with van der Waals surface area (Å²) in [5, 5.41) is -0.0498. The monoisotopic (exact) mass is 401 g/mol. The Kier molecular flexibility index (Phi) is 5.23. The molecule has 0 fully saturated rings. The zero-order valence-corrected chi connectivity index (χ0v) is 16.8. The number of sulfone groups is 1. The largest absolute Gasteiger partial charge is 0.280 e. The van der Waals surface area contributed by atoms with E-state index in [1.165, 1.54) is 12.1 Å². The van der Waals surface area contributed by atoms with Crippen LogP contribution in [0.25, 0.3) is 0 Å². The molecular weight excluding hydrogens is 382 g/mol. The molecule has 2 rings (SSSR count). The molecule has 2 aromatic carbocycles. The van der Waals surface area contributed by atoms with Crippen molar-refractivity contribution in [2.75, 3.05) is 11.0 Å². The van der Waals surface area contributed by atoms with Crippen LogP contribution >= 0.6 is 11.6 Å². The lowest BCUT2D eigenvalue weighted by Gasteiger charge is -2.19. The molecule has 0 saturated carbocycles. The number of hydrogen-bond donors (Lipinski definition) is 1. The van der Waals surface area contributed by atoms with Gasteiger partial charge in [0.05, 0.1) is 9.92 Å². The SMILES string of the molecule is CC(C)(C)c1ccc(NS(=O)(=O)c2cc(S(C)(=O)=O)ccc2Cl)cc1. The summed E-state index contributed by atoms with van der Waals surface area (Å²) in [5.74, 6) is 0.